The summed E-state index contributed by atoms with van der Waals surface area (Å²) in [6.07, 6.45) is 0.0867. The number of hydrogen-bond donors (Lipinski definition) is 1. The Kier molecular flexibility index (Phi) is 2.45. The average Bonchev–Trinajstić information content (AvgIpc) is 2.89. The third kappa shape index (κ3) is 1.70. The van der Waals surface area contributed by atoms with Crippen LogP contribution in [-0.4, -0.2) is 29.5 Å². The fraction of sp³-hybridized carbons (Fsp3) is 0.333. The molecule has 6 heteroatoms. The van der Waals surface area contributed by atoms with E-state index >= 15 is 0 Å². The number of amides is 2. The number of carbonyl (C=O) groups is 2. The molecule has 1 atom stereocenters. The Balaban J connectivity index is 1.81. The monoisotopic (exact) mass is 248 g/mol. The molecule has 0 bridgehead atoms. The van der Waals surface area contributed by atoms with Gasteiger partial charge < -0.3 is 15.2 Å². The van der Waals surface area contributed by atoms with E-state index in [0.29, 0.717) is 11.5 Å². The van der Waals surface area contributed by atoms with Gasteiger partial charge >= 0.3 is 0 Å². The van der Waals surface area contributed by atoms with Crippen LogP contribution in [-0.2, 0) is 16.1 Å². The molecule has 3 rings (SSSR count). The normalized spacial score (nSPS) is 21.8. The lowest BCUT2D eigenvalue weighted by atomic mass is 10.2. The summed E-state index contributed by atoms with van der Waals surface area (Å²) in [5, 5.41) is 0. The van der Waals surface area contributed by atoms with Crippen LogP contribution in [0.1, 0.15) is 12.0 Å². The van der Waals surface area contributed by atoms with Crippen LogP contribution in [0, 0.1) is 0 Å². The van der Waals surface area contributed by atoms with Gasteiger partial charge in [-0.1, -0.05) is 6.07 Å². The fourth-order valence-corrected chi connectivity index (χ4v) is 2.10. The summed E-state index contributed by atoms with van der Waals surface area (Å²) >= 11 is 0. The number of nitrogens with two attached hydrogens (primary N) is 1. The SMILES string of the molecule is N[C@@H]1CC(=O)N(Cc2ccc3c(c2)OCO3)C1=O. The zero-order valence-electron chi connectivity index (χ0n) is 9.59. The largest absolute Gasteiger partial charge is 0.454 e. The van der Waals surface area contributed by atoms with Crippen molar-refractivity contribution in [3.63, 3.8) is 0 Å². The van der Waals surface area contributed by atoms with Gasteiger partial charge in [0.2, 0.25) is 18.6 Å². The second-order valence-corrected chi connectivity index (χ2v) is 4.32. The first-order valence-corrected chi connectivity index (χ1v) is 5.63. The molecule has 1 fully saturated rings. The van der Waals surface area contributed by atoms with Crippen LogP contribution in [0.25, 0.3) is 0 Å². The molecule has 2 heterocycles. The van der Waals surface area contributed by atoms with E-state index in [2.05, 4.69) is 0 Å². The Hall–Kier alpha value is -2.08. The second-order valence-electron chi connectivity index (χ2n) is 4.32. The third-order valence-corrected chi connectivity index (χ3v) is 3.06. The molecule has 1 aromatic carbocycles. The molecule has 2 amide bonds. The highest BCUT2D eigenvalue weighted by atomic mass is 16.7. The lowest BCUT2D eigenvalue weighted by molar-refractivity contribution is -0.139. The molecule has 1 saturated heterocycles. The molecule has 0 aliphatic carbocycles. The van der Waals surface area contributed by atoms with Crippen molar-refractivity contribution < 1.29 is 19.1 Å². The van der Waals surface area contributed by atoms with E-state index in [4.69, 9.17) is 15.2 Å². The quantitative estimate of drug-likeness (QED) is 0.745. The van der Waals surface area contributed by atoms with Gasteiger partial charge in [-0.25, -0.2) is 0 Å². The van der Waals surface area contributed by atoms with Gasteiger partial charge in [-0.2, -0.15) is 0 Å². The van der Waals surface area contributed by atoms with E-state index in [0.717, 1.165) is 5.56 Å². The highest BCUT2D eigenvalue weighted by Gasteiger charge is 2.36. The highest BCUT2D eigenvalue weighted by Crippen LogP contribution is 2.33. The Bertz CT molecular complexity index is 529. The first kappa shape index (κ1) is 11.0. The number of imide groups is 1. The van der Waals surface area contributed by atoms with Crippen LogP contribution >= 0.6 is 0 Å². The van der Waals surface area contributed by atoms with Crippen LogP contribution in [0.15, 0.2) is 18.2 Å². The van der Waals surface area contributed by atoms with Gasteiger partial charge in [0.15, 0.2) is 11.5 Å². The number of rotatable bonds is 2. The van der Waals surface area contributed by atoms with Gasteiger partial charge in [-0.05, 0) is 17.7 Å². The van der Waals surface area contributed by atoms with Crippen LogP contribution in [0.5, 0.6) is 11.5 Å². The standard InChI is InChI=1S/C12H12N2O4/c13-8-4-11(15)14(12(8)16)5-7-1-2-9-10(3-7)18-6-17-9/h1-3,8H,4-6,13H2/t8-/m1/s1. The van der Waals surface area contributed by atoms with Crippen molar-refractivity contribution in [3.05, 3.63) is 23.8 Å². The molecule has 0 unspecified atom stereocenters. The van der Waals surface area contributed by atoms with Gasteiger partial charge in [0.1, 0.15) is 0 Å². The third-order valence-electron chi connectivity index (χ3n) is 3.06. The number of fused-ring (bicyclic) bond motifs is 1. The number of nitrogens with zero attached hydrogens (tertiary/aromatic N) is 1. The maximum absolute atomic E-state index is 11.7. The summed E-state index contributed by atoms with van der Waals surface area (Å²) in [7, 11) is 0. The maximum Gasteiger partial charge on any atom is 0.246 e. The summed E-state index contributed by atoms with van der Waals surface area (Å²) < 4.78 is 10.4. The molecule has 2 aliphatic rings. The van der Waals surface area contributed by atoms with Crippen molar-refractivity contribution in [3.8, 4) is 11.5 Å². The van der Waals surface area contributed by atoms with Crippen molar-refractivity contribution in [1.29, 1.82) is 0 Å². The van der Waals surface area contributed by atoms with Crippen LogP contribution < -0.4 is 15.2 Å². The van der Waals surface area contributed by atoms with E-state index in [-0.39, 0.29) is 31.6 Å². The first-order valence-electron chi connectivity index (χ1n) is 5.63. The summed E-state index contributed by atoms with van der Waals surface area (Å²) in [5.41, 5.74) is 6.36. The van der Waals surface area contributed by atoms with Crippen molar-refractivity contribution in [2.45, 2.75) is 19.0 Å². The molecule has 6 nitrogen and oxygen atoms in total. The number of likely N-dealkylation sites (tertiary alicyclic amines) is 1. The van der Waals surface area contributed by atoms with Crippen LogP contribution in [0.3, 0.4) is 0 Å². The van der Waals surface area contributed by atoms with Crippen molar-refractivity contribution in [2.24, 2.45) is 5.73 Å². The van der Waals surface area contributed by atoms with Crippen molar-refractivity contribution in [2.75, 3.05) is 6.79 Å². The van der Waals surface area contributed by atoms with Gasteiger partial charge in [0.05, 0.1) is 19.0 Å². The fourth-order valence-electron chi connectivity index (χ4n) is 2.10. The summed E-state index contributed by atoms with van der Waals surface area (Å²) in [4.78, 5) is 24.5. The maximum atomic E-state index is 11.7. The van der Waals surface area contributed by atoms with E-state index in [9.17, 15) is 9.59 Å². The lowest BCUT2D eigenvalue weighted by Gasteiger charge is -2.14. The first-order chi connectivity index (χ1) is 8.65. The topological polar surface area (TPSA) is 81.9 Å². The molecule has 0 radical (unpaired) electrons. The highest BCUT2D eigenvalue weighted by molar-refractivity contribution is 6.05. The minimum Gasteiger partial charge on any atom is -0.454 e. The Morgan fingerprint density at radius 2 is 2.06 bits per heavy atom. The average molecular weight is 248 g/mol. The molecular weight excluding hydrogens is 236 g/mol. The number of benzene rings is 1. The summed E-state index contributed by atoms with van der Waals surface area (Å²) in [6, 6.07) is 4.64. The minimum atomic E-state index is -0.702. The Morgan fingerprint density at radius 1 is 1.28 bits per heavy atom. The molecule has 18 heavy (non-hydrogen) atoms. The van der Waals surface area contributed by atoms with Crippen molar-refractivity contribution >= 4 is 11.8 Å². The zero-order valence-corrected chi connectivity index (χ0v) is 9.59. The predicted molar refractivity (Wildman–Crippen MR) is 60.7 cm³/mol. The molecular formula is C12H12N2O4. The molecule has 94 valence electrons. The van der Waals surface area contributed by atoms with Crippen molar-refractivity contribution in [1.82, 2.24) is 4.90 Å². The number of hydrogen-bond acceptors (Lipinski definition) is 5. The van der Waals surface area contributed by atoms with E-state index in [1.165, 1.54) is 4.90 Å². The molecule has 0 spiro atoms. The van der Waals surface area contributed by atoms with E-state index < -0.39 is 6.04 Å². The summed E-state index contributed by atoms with van der Waals surface area (Å²) in [6.45, 7) is 0.424. The second kappa shape index (κ2) is 3.99. The lowest BCUT2D eigenvalue weighted by Crippen LogP contribution is -2.34. The Labute approximate surface area is 103 Å². The van der Waals surface area contributed by atoms with Crippen LogP contribution in [0.2, 0.25) is 0 Å². The summed E-state index contributed by atoms with van der Waals surface area (Å²) in [5.74, 6) is 0.758. The molecule has 0 aromatic heterocycles. The van der Waals surface area contributed by atoms with Gasteiger partial charge in [-0.3, -0.25) is 14.5 Å². The predicted octanol–water partition coefficient (Wildman–Crippen LogP) is 0.00150. The van der Waals surface area contributed by atoms with E-state index in [1.54, 1.807) is 18.2 Å². The number of ether oxygens (including phenoxy) is 2. The zero-order chi connectivity index (χ0) is 12.7. The van der Waals surface area contributed by atoms with Gasteiger partial charge in [0, 0.05) is 0 Å². The van der Waals surface area contributed by atoms with Gasteiger partial charge in [0.25, 0.3) is 0 Å². The van der Waals surface area contributed by atoms with E-state index in [1.807, 2.05) is 0 Å². The molecule has 2 N–H and O–H groups in total. The Morgan fingerprint density at radius 3 is 2.78 bits per heavy atom. The number of carbonyl (C=O) groups excluding carboxylic acids is 2. The van der Waals surface area contributed by atoms with Gasteiger partial charge in [-0.15, -0.1) is 0 Å². The molecule has 1 aromatic rings. The minimum absolute atomic E-state index is 0.0867. The van der Waals surface area contributed by atoms with Crippen LogP contribution in [0.4, 0.5) is 0 Å². The smallest absolute Gasteiger partial charge is 0.246 e. The molecule has 0 saturated carbocycles. The molecule has 2 aliphatic heterocycles.